The van der Waals surface area contributed by atoms with E-state index in [1.54, 1.807) is 0 Å². The van der Waals surface area contributed by atoms with Crippen molar-refractivity contribution in [3.63, 3.8) is 0 Å². The molecule has 74 valence electrons. The van der Waals surface area contributed by atoms with Gasteiger partial charge < -0.3 is 0 Å². The van der Waals surface area contributed by atoms with Crippen molar-refractivity contribution in [1.29, 1.82) is 0 Å². The van der Waals surface area contributed by atoms with Crippen molar-refractivity contribution in [1.82, 2.24) is 0 Å². The van der Waals surface area contributed by atoms with Gasteiger partial charge in [-0.15, -0.1) is 0 Å². The predicted octanol–water partition coefficient (Wildman–Crippen LogP) is 4.36. The Balaban J connectivity index is 4.27. The van der Waals surface area contributed by atoms with Gasteiger partial charge in [-0.1, -0.05) is 61.8 Å². The Labute approximate surface area is 87.3 Å². The summed E-state index contributed by atoms with van der Waals surface area (Å²) >= 11 is 0. The lowest BCUT2D eigenvalue weighted by Crippen LogP contribution is -1.77. The molecule has 0 heterocycles. The molecule has 0 aliphatic carbocycles. The van der Waals surface area contributed by atoms with Crippen LogP contribution in [0.5, 0.6) is 0 Å². The van der Waals surface area contributed by atoms with E-state index in [-0.39, 0.29) is 0 Å². The average molecular weight is 186 g/mol. The zero-order valence-electron chi connectivity index (χ0n) is 9.09. The second-order valence-electron chi connectivity index (χ2n) is 3.12. The van der Waals surface area contributed by atoms with Crippen LogP contribution in [0.4, 0.5) is 0 Å². The highest BCUT2D eigenvalue weighted by Crippen LogP contribution is 2.09. The molecule has 0 heteroatoms. The molecule has 0 aromatic heterocycles. The molecule has 0 saturated heterocycles. The molecule has 0 aromatic rings. The lowest BCUT2D eigenvalue weighted by atomic mass is 10.1. The molecule has 0 rings (SSSR count). The maximum Gasteiger partial charge on any atom is -0.0262 e. The molecule has 0 nitrogen and oxygen atoms in total. The van der Waals surface area contributed by atoms with E-state index in [1.807, 2.05) is 50.3 Å². The topological polar surface area (TPSA) is 0 Å². The Morgan fingerprint density at radius 2 is 1.43 bits per heavy atom. The standard InChI is InChI=1S/C14H18/c1-6-7-8-9-13(4)14(5)11-10-12(2)3/h6-11H,2,4-5H2,1,3H3/b7-6-,9-8-,11-10-. The van der Waals surface area contributed by atoms with E-state index in [4.69, 9.17) is 0 Å². The van der Waals surface area contributed by atoms with Crippen molar-refractivity contribution >= 4 is 0 Å². The fraction of sp³-hybridized carbons (Fsp3) is 0.143. The summed E-state index contributed by atoms with van der Waals surface area (Å²) in [6, 6.07) is 0. The van der Waals surface area contributed by atoms with Crippen LogP contribution in [0.2, 0.25) is 0 Å². The van der Waals surface area contributed by atoms with E-state index in [2.05, 4.69) is 19.7 Å². The SMILES string of the molecule is C=C(C)/C=C\C(=C)C(=C)/C=C\C=C/C. The summed E-state index contributed by atoms with van der Waals surface area (Å²) in [6.45, 7) is 15.5. The monoisotopic (exact) mass is 186 g/mol. The average Bonchev–Trinajstić information content (AvgIpc) is 2.14. The molecule has 0 N–H and O–H groups in total. The first kappa shape index (κ1) is 12.4. The summed E-state index contributed by atoms with van der Waals surface area (Å²) in [6.07, 6.45) is 11.7. The second-order valence-corrected chi connectivity index (χ2v) is 3.12. The van der Waals surface area contributed by atoms with Gasteiger partial charge in [-0.3, -0.25) is 0 Å². The summed E-state index contributed by atoms with van der Waals surface area (Å²) < 4.78 is 0. The van der Waals surface area contributed by atoms with Crippen molar-refractivity contribution in [3.8, 4) is 0 Å². The number of hydrogen-bond acceptors (Lipinski definition) is 0. The van der Waals surface area contributed by atoms with E-state index in [0.29, 0.717) is 0 Å². The van der Waals surface area contributed by atoms with E-state index in [9.17, 15) is 0 Å². The molecule has 0 radical (unpaired) electrons. The summed E-state index contributed by atoms with van der Waals surface area (Å²) in [5.41, 5.74) is 2.84. The minimum absolute atomic E-state index is 0.911. The largest absolute Gasteiger partial charge is 0.0961 e. The Morgan fingerprint density at radius 3 is 1.93 bits per heavy atom. The van der Waals surface area contributed by atoms with Gasteiger partial charge in [-0.05, 0) is 25.0 Å². The minimum Gasteiger partial charge on any atom is -0.0961 e. The fourth-order valence-electron chi connectivity index (χ4n) is 0.740. The highest BCUT2D eigenvalue weighted by molar-refractivity contribution is 5.44. The molecule has 0 aromatic carbocycles. The van der Waals surface area contributed by atoms with Crippen LogP contribution in [0.1, 0.15) is 13.8 Å². The zero-order chi connectivity index (χ0) is 11.0. The van der Waals surface area contributed by atoms with Crippen LogP contribution in [-0.4, -0.2) is 0 Å². The van der Waals surface area contributed by atoms with Gasteiger partial charge in [0.1, 0.15) is 0 Å². The van der Waals surface area contributed by atoms with Crippen molar-refractivity contribution in [2.75, 3.05) is 0 Å². The molecule has 0 bridgehead atoms. The molecular formula is C14H18. The maximum atomic E-state index is 3.90. The van der Waals surface area contributed by atoms with Crippen molar-refractivity contribution in [2.45, 2.75) is 13.8 Å². The molecule has 0 fully saturated rings. The van der Waals surface area contributed by atoms with Crippen molar-refractivity contribution < 1.29 is 0 Å². The molecule has 0 unspecified atom stereocenters. The molecule has 0 aliphatic heterocycles. The fourth-order valence-corrected chi connectivity index (χ4v) is 0.740. The van der Waals surface area contributed by atoms with Gasteiger partial charge in [0.25, 0.3) is 0 Å². The second kappa shape index (κ2) is 6.90. The number of allylic oxidation sites excluding steroid dienone is 9. The van der Waals surface area contributed by atoms with Crippen molar-refractivity contribution in [3.05, 3.63) is 72.9 Å². The lowest BCUT2D eigenvalue weighted by molar-refractivity contribution is 1.52. The highest BCUT2D eigenvalue weighted by Gasteiger charge is 1.89. The van der Waals surface area contributed by atoms with Gasteiger partial charge in [0.15, 0.2) is 0 Å². The Hall–Kier alpha value is -1.56. The first-order valence-corrected chi connectivity index (χ1v) is 4.59. The summed E-state index contributed by atoms with van der Waals surface area (Å²) in [5, 5.41) is 0. The molecule has 0 atom stereocenters. The van der Waals surface area contributed by atoms with E-state index in [0.717, 1.165) is 16.7 Å². The minimum atomic E-state index is 0.911. The molecule has 0 spiro atoms. The van der Waals surface area contributed by atoms with Gasteiger partial charge in [0.05, 0.1) is 0 Å². The zero-order valence-corrected chi connectivity index (χ0v) is 9.09. The van der Waals surface area contributed by atoms with Crippen LogP contribution < -0.4 is 0 Å². The van der Waals surface area contributed by atoms with Crippen LogP contribution in [0.3, 0.4) is 0 Å². The third-order valence-electron chi connectivity index (χ3n) is 1.58. The van der Waals surface area contributed by atoms with Crippen LogP contribution in [0.25, 0.3) is 0 Å². The lowest BCUT2D eigenvalue weighted by Gasteiger charge is -1.97. The number of hydrogen-bond donors (Lipinski definition) is 0. The van der Waals surface area contributed by atoms with E-state index >= 15 is 0 Å². The van der Waals surface area contributed by atoms with E-state index in [1.165, 1.54) is 0 Å². The van der Waals surface area contributed by atoms with E-state index < -0.39 is 0 Å². The Morgan fingerprint density at radius 1 is 0.857 bits per heavy atom. The van der Waals surface area contributed by atoms with Gasteiger partial charge in [-0.25, -0.2) is 0 Å². The third kappa shape index (κ3) is 6.01. The van der Waals surface area contributed by atoms with Crippen LogP contribution in [0, 0.1) is 0 Å². The molecular weight excluding hydrogens is 168 g/mol. The third-order valence-corrected chi connectivity index (χ3v) is 1.58. The first-order valence-electron chi connectivity index (χ1n) is 4.59. The van der Waals surface area contributed by atoms with Gasteiger partial charge in [0, 0.05) is 0 Å². The smallest absolute Gasteiger partial charge is 0.0262 e. The highest BCUT2D eigenvalue weighted by atomic mass is 13.9. The normalized spacial score (nSPS) is 11.6. The van der Waals surface area contributed by atoms with Crippen LogP contribution in [0.15, 0.2) is 72.9 Å². The Bertz CT molecular complexity index is 309. The molecule has 0 amide bonds. The summed E-state index contributed by atoms with van der Waals surface area (Å²) in [5.74, 6) is 0. The molecule has 14 heavy (non-hydrogen) atoms. The molecule has 0 saturated carbocycles. The predicted molar refractivity (Wildman–Crippen MR) is 66.2 cm³/mol. The quantitative estimate of drug-likeness (QED) is 0.559. The van der Waals surface area contributed by atoms with Crippen LogP contribution >= 0.6 is 0 Å². The van der Waals surface area contributed by atoms with Crippen molar-refractivity contribution in [2.24, 2.45) is 0 Å². The summed E-state index contributed by atoms with van der Waals surface area (Å²) in [7, 11) is 0. The molecule has 0 aliphatic rings. The van der Waals surface area contributed by atoms with Gasteiger partial charge >= 0.3 is 0 Å². The van der Waals surface area contributed by atoms with Crippen LogP contribution in [-0.2, 0) is 0 Å². The Kier molecular flexibility index (Phi) is 6.13. The first-order chi connectivity index (χ1) is 6.57. The van der Waals surface area contributed by atoms with Gasteiger partial charge in [0.2, 0.25) is 0 Å². The van der Waals surface area contributed by atoms with Gasteiger partial charge in [-0.2, -0.15) is 0 Å². The summed E-state index contributed by atoms with van der Waals surface area (Å²) in [4.78, 5) is 0. The number of rotatable bonds is 5. The maximum absolute atomic E-state index is 3.90.